The maximum atomic E-state index is 10.5. The molecule has 0 atom stereocenters. The molecule has 0 aliphatic rings. The molecule has 1 heterocycles. The van der Waals surface area contributed by atoms with Gasteiger partial charge in [0.25, 0.3) is 6.33 Å². The van der Waals surface area contributed by atoms with Crippen LogP contribution < -0.4 is 9.47 Å². The van der Waals surface area contributed by atoms with Crippen LogP contribution in [0.2, 0.25) is 0 Å². The van der Waals surface area contributed by atoms with E-state index in [2.05, 4.69) is 4.98 Å². The maximum absolute atomic E-state index is 10.5. The normalized spacial score (nSPS) is 9.30. The van der Waals surface area contributed by atoms with Crippen LogP contribution in [0.15, 0.2) is 18.7 Å². The van der Waals surface area contributed by atoms with E-state index >= 15 is 0 Å². The molecule has 0 fully saturated rings. The minimum Gasteiger partial charge on any atom is -0.711 e. The molecular formula is C6H8N2O2. The summed E-state index contributed by atoms with van der Waals surface area (Å²) in [5, 5.41) is 10.5. The van der Waals surface area contributed by atoms with Crippen molar-refractivity contribution in [2.75, 3.05) is 6.61 Å². The van der Waals surface area contributed by atoms with Crippen LogP contribution in [-0.4, -0.2) is 11.6 Å². The number of hydrogen-bond donors (Lipinski definition) is 0. The zero-order chi connectivity index (χ0) is 7.40. The van der Waals surface area contributed by atoms with Crippen molar-refractivity contribution in [2.24, 2.45) is 0 Å². The molecule has 0 bridgehead atoms. The molecule has 1 rings (SSSR count). The van der Waals surface area contributed by atoms with Crippen molar-refractivity contribution in [3.63, 3.8) is 0 Å². The molecular weight excluding hydrogens is 132 g/mol. The average molecular weight is 140 g/mol. The SMILES string of the molecule is CCOc1cnc[n+]([O-])c1. The average Bonchev–Trinajstić information content (AvgIpc) is 1.88. The van der Waals surface area contributed by atoms with E-state index in [1.54, 1.807) is 0 Å². The highest BCUT2D eigenvalue weighted by molar-refractivity contribution is 5.06. The van der Waals surface area contributed by atoms with Gasteiger partial charge in [-0.3, -0.25) is 0 Å². The predicted molar refractivity (Wildman–Crippen MR) is 34.4 cm³/mol. The number of aromatic nitrogens is 2. The first-order chi connectivity index (χ1) is 4.83. The van der Waals surface area contributed by atoms with Gasteiger partial charge in [-0.25, -0.2) is 4.73 Å². The number of rotatable bonds is 2. The van der Waals surface area contributed by atoms with Crippen LogP contribution in [0.3, 0.4) is 0 Å². The monoisotopic (exact) mass is 140 g/mol. The lowest BCUT2D eigenvalue weighted by Gasteiger charge is -2.01. The molecule has 10 heavy (non-hydrogen) atoms. The molecule has 0 saturated heterocycles. The minimum absolute atomic E-state index is 0.500. The van der Waals surface area contributed by atoms with E-state index in [1.807, 2.05) is 6.92 Å². The molecule has 0 amide bonds. The van der Waals surface area contributed by atoms with E-state index in [4.69, 9.17) is 4.74 Å². The third-order valence-electron chi connectivity index (χ3n) is 0.948. The molecule has 4 heteroatoms. The summed E-state index contributed by atoms with van der Waals surface area (Å²) in [5.74, 6) is 0.500. The Morgan fingerprint density at radius 3 is 3.20 bits per heavy atom. The lowest BCUT2D eigenvalue weighted by atomic mass is 10.6. The van der Waals surface area contributed by atoms with Crippen molar-refractivity contribution in [3.05, 3.63) is 23.9 Å². The fourth-order valence-corrected chi connectivity index (χ4v) is 0.606. The molecule has 1 aromatic heterocycles. The van der Waals surface area contributed by atoms with E-state index in [0.29, 0.717) is 17.1 Å². The second kappa shape index (κ2) is 3.00. The molecule has 4 nitrogen and oxygen atoms in total. The van der Waals surface area contributed by atoms with Gasteiger partial charge in [-0.15, -0.1) is 0 Å². The van der Waals surface area contributed by atoms with Crippen LogP contribution in [0.1, 0.15) is 6.92 Å². The molecule has 0 radical (unpaired) electrons. The predicted octanol–water partition coefficient (Wildman–Crippen LogP) is 0.114. The Kier molecular flexibility index (Phi) is 2.04. The zero-order valence-electron chi connectivity index (χ0n) is 5.65. The molecule has 0 aliphatic heterocycles. The summed E-state index contributed by atoms with van der Waals surface area (Å²) in [4.78, 5) is 3.63. The van der Waals surface area contributed by atoms with Gasteiger partial charge in [0.15, 0.2) is 6.20 Å². The summed E-state index contributed by atoms with van der Waals surface area (Å²) in [6.45, 7) is 2.40. The van der Waals surface area contributed by atoms with Gasteiger partial charge in [-0.2, -0.15) is 0 Å². The Morgan fingerprint density at radius 1 is 1.80 bits per heavy atom. The summed E-state index contributed by atoms with van der Waals surface area (Å²) in [5.41, 5.74) is 0. The molecule has 1 aromatic rings. The quantitative estimate of drug-likeness (QED) is 0.433. The van der Waals surface area contributed by atoms with Crippen LogP contribution in [0.4, 0.5) is 0 Å². The van der Waals surface area contributed by atoms with Gasteiger partial charge in [0.05, 0.1) is 6.61 Å². The summed E-state index contributed by atoms with van der Waals surface area (Å²) in [6, 6.07) is 0. The van der Waals surface area contributed by atoms with Crippen molar-refractivity contribution < 1.29 is 9.47 Å². The first kappa shape index (κ1) is 6.80. The number of ether oxygens (including phenoxy) is 1. The number of nitrogens with zero attached hydrogens (tertiary/aromatic N) is 2. The molecule has 0 unspecified atom stereocenters. The highest BCUT2D eigenvalue weighted by Gasteiger charge is 1.95. The highest BCUT2D eigenvalue weighted by atomic mass is 16.5. The third kappa shape index (κ3) is 1.58. The number of hydrogen-bond acceptors (Lipinski definition) is 3. The van der Waals surface area contributed by atoms with Crippen LogP contribution in [0.5, 0.6) is 5.75 Å². The lowest BCUT2D eigenvalue weighted by Crippen LogP contribution is -2.25. The summed E-state index contributed by atoms with van der Waals surface area (Å²) in [6.07, 6.45) is 4.00. The van der Waals surface area contributed by atoms with Gasteiger partial charge in [-0.05, 0) is 6.92 Å². The standard InChI is InChI=1S/C6H8N2O2/c1-2-10-6-3-7-5-8(9)4-6/h3-5H,2H2,1H3. The molecule has 0 spiro atoms. The van der Waals surface area contributed by atoms with E-state index in [-0.39, 0.29) is 0 Å². The molecule has 0 aromatic carbocycles. The first-order valence-corrected chi connectivity index (χ1v) is 2.99. The van der Waals surface area contributed by atoms with Gasteiger partial charge in [-0.1, -0.05) is 4.98 Å². The van der Waals surface area contributed by atoms with Gasteiger partial charge in [0, 0.05) is 0 Å². The van der Waals surface area contributed by atoms with Crippen molar-refractivity contribution in [3.8, 4) is 5.75 Å². The Morgan fingerprint density at radius 2 is 2.60 bits per heavy atom. The van der Waals surface area contributed by atoms with Gasteiger partial charge < -0.3 is 9.94 Å². The maximum Gasteiger partial charge on any atom is 0.289 e. The topological polar surface area (TPSA) is 49.1 Å². The van der Waals surface area contributed by atoms with Gasteiger partial charge >= 0.3 is 0 Å². The third-order valence-corrected chi connectivity index (χ3v) is 0.948. The van der Waals surface area contributed by atoms with Crippen LogP contribution in [-0.2, 0) is 0 Å². The lowest BCUT2D eigenvalue weighted by molar-refractivity contribution is -0.609. The van der Waals surface area contributed by atoms with Crippen molar-refractivity contribution in [2.45, 2.75) is 6.92 Å². The Hall–Kier alpha value is -1.32. The minimum atomic E-state index is 0.500. The summed E-state index contributed by atoms with van der Waals surface area (Å²) in [7, 11) is 0. The Balaban J connectivity index is 2.75. The fourth-order valence-electron chi connectivity index (χ4n) is 0.606. The van der Waals surface area contributed by atoms with E-state index < -0.39 is 0 Å². The van der Waals surface area contributed by atoms with Crippen LogP contribution in [0.25, 0.3) is 0 Å². The van der Waals surface area contributed by atoms with E-state index in [1.165, 1.54) is 18.7 Å². The fraction of sp³-hybridized carbons (Fsp3) is 0.333. The molecule has 0 saturated carbocycles. The highest BCUT2D eigenvalue weighted by Crippen LogP contribution is 2.01. The van der Waals surface area contributed by atoms with E-state index in [0.717, 1.165) is 0 Å². The molecule has 0 N–H and O–H groups in total. The Bertz CT molecular complexity index is 215. The van der Waals surface area contributed by atoms with Crippen LogP contribution >= 0.6 is 0 Å². The van der Waals surface area contributed by atoms with Gasteiger partial charge in [0.2, 0.25) is 5.75 Å². The Labute approximate surface area is 58.7 Å². The van der Waals surface area contributed by atoms with Crippen LogP contribution in [0, 0.1) is 5.21 Å². The second-order valence-electron chi connectivity index (χ2n) is 1.72. The van der Waals surface area contributed by atoms with Crippen molar-refractivity contribution >= 4 is 0 Å². The van der Waals surface area contributed by atoms with E-state index in [9.17, 15) is 5.21 Å². The van der Waals surface area contributed by atoms with Gasteiger partial charge in [0.1, 0.15) is 6.20 Å². The largest absolute Gasteiger partial charge is 0.711 e. The zero-order valence-corrected chi connectivity index (χ0v) is 5.65. The van der Waals surface area contributed by atoms with Crippen molar-refractivity contribution in [1.29, 1.82) is 0 Å². The molecule has 54 valence electrons. The first-order valence-electron chi connectivity index (χ1n) is 2.99. The smallest absolute Gasteiger partial charge is 0.289 e. The second-order valence-corrected chi connectivity index (χ2v) is 1.72. The molecule has 0 aliphatic carbocycles. The summed E-state index contributed by atoms with van der Waals surface area (Å²) < 4.78 is 5.61. The van der Waals surface area contributed by atoms with Crippen molar-refractivity contribution in [1.82, 2.24) is 4.98 Å². The summed E-state index contributed by atoms with van der Waals surface area (Å²) >= 11 is 0.